The molecule has 0 aliphatic carbocycles. The molecule has 0 aliphatic heterocycles. The van der Waals surface area contributed by atoms with Gasteiger partial charge in [0.05, 0.1) is 9.95 Å². The Morgan fingerprint density at radius 3 is 2.18 bits per heavy atom. The van der Waals surface area contributed by atoms with Crippen LogP contribution in [0.3, 0.4) is 0 Å². The van der Waals surface area contributed by atoms with Gasteiger partial charge in [0.25, 0.3) is 5.69 Å². The van der Waals surface area contributed by atoms with Gasteiger partial charge in [0.1, 0.15) is 0 Å². The molecule has 0 saturated heterocycles. The number of benzene rings is 2. The van der Waals surface area contributed by atoms with Gasteiger partial charge in [-0.15, -0.1) is 0 Å². The van der Waals surface area contributed by atoms with Crippen LogP contribution in [-0.4, -0.2) is 16.6 Å². The number of halogens is 1. The summed E-state index contributed by atoms with van der Waals surface area (Å²) < 4.78 is 0. The number of amides is 1. The lowest BCUT2D eigenvalue weighted by Crippen LogP contribution is -2.03. The van der Waals surface area contributed by atoms with Gasteiger partial charge in [-0.1, -0.05) is 41.9 Å². The predicted octanol–water partition coefficient (Wildman–Crippen LogP) is 2.97. The highest BCUT2D eigenvalue weighted by molar-refractivity contribution is 6.35. The van der Waals surface area contributed by atoms with Crippen molar-refractivity contribution in [1.82, 2.24) is 0 Å². The Labute approximate surface area is 131 Å². The van der Waals surface area contributed by atoms with Crippen LogP contribution in [0.5, 0.6) is 0 Å². The third-order valence-corrected chi connectivity index (χ3v) is 2.77. The Morgan fingerprint density at radius 1 is 1.14 bits per heavy atom. The minimum Gasteiger partial charge on any atom is -0.370 e. The van der Waals surface area contributed by atoms with Gasteiger partial charge in [0.2, 0.25) is 5.91 Å². The Bertz CT molecular complexity index is 698. The Hall–Kier alpha value is -2.73. The number of non-ortho nitro benzene ring substituents is 1. The van der Waals surface area contributed by atoms with Crippen LogP contribution in [0.2, 0.25) is 5.02 Å². The topological polar surface area (TPSA) is 103 Å². The van der Waals surface area contributed by atoms with E-state index in [1.165, 1.54) is 25.1 Å². The van der Waals surface area contributed by atoms with E-state index >= 15 is 0 Å². The van der Waals surface area contributed by atoms with Crippen LogP contribution in [0.1, 0.15) is 22.8 Å². The second-order valence-corrected chi connectivity index (χ2v) is 4.63. The van der Waals surface area contributed by atoms with Crippen LogP contribution in [0, 0.1) is 10.1 Å². The molecule has 0 radical (unpaired) electrons. The third-order valence-electron chi connectivity index (χ3n) is 2.44. The van der Waals surface area contributed by atoms with Crippen molar-refractivity contribution < 1.29 is 14.5 Å². The number of carbonyl (C=O) groups is 2. The molecular weight excluding hydrogens is 308 g/mol. The number of nitrogens with two attached hydrogens (primary N) is 1. The van der Waals surface area contributed by atoms with Gasteiger partial charge in [-0.2, -0.15) is 0 Å². The SMILES string of the molecule is CC(N)=O.O=C(c1ccccc1)c1cc([N+](=O)[O-])ccc1Cl. The first kappa shape index (κ1) is 17.3. The van der Waals surface area contributed by atoms with Crippen LogP contribution in [0.4, 0.5) is 5.69 Å². The quantitative estimate of drug-likeness (QED) is 0.533. The normalized spacial score (nSPS) is 9.36. The van der Waals surface area contributed by atoms with Crippen molar-refractivity contribution in [1.29, 1.82) is 0 Å². The zero-order chi connectivity index (χ0) is 16.7. The summed E-state index contributed by atoms with van der Waals surface area (Å²) in [5, 5.41) is 10.9. The summed E-state index contributed by atoms with van der Waals surface area (Å²) in [4.78, 5) is 31.5. The van der Waals surface area contributed by atoms with Crippen molar-refractivity contribution in [3.8, 4) is 0 Å². The fourth-order valence-electron chi connectivity index (χ4n) is 1.55. The monoisotopic (exact) mass is 320 g/mol. The lowest BCUT2D eigenvalue weighted by atomic mass is 10.0. The number of nitrogens with zero attached hydrogens (tertiary/aromatic N) is 1. The van der Waals surface area contributed by atoms with Gasteiger partial charge in [0, 0.05) is 30.2 Å². The first-order valence-electron chi connectivity index (χ1n) is 6.12. The zero-order valence-corrected chi connectivity index (χ0v) is 12.4. The minimum absolute atomic E-state index is 0.136. The zero-order valence-electron chi connectivity index (χ0n) is 11.7. The summed E-state index contributed by atoms with van der Waals surface area (Å²) in [5.74, 6) is -0.663. The standard InChI is InChI=1S/C13H8ClNO3.C2H5NO/c14-12-7-6-10(15(17)18)8-11(12)13(16)9-4-2-1-3-5-9;1-2(3)4/h1-8H;1H3,(H2,3,4). The predicted molar refractivity (Wildman–Crippen MR) is 82.8 cm³/mol. The van der Waals surface area contributed by atoms with Gasteiger partial charge in [0.15, 0.2) is 5.78 Å². The molecule has 0 unspecified atom stereocenters. The molecule has 6 nitrogen and oxygen atoms in total. The van der Waals surface area contributed by atoms with E-state index in [0.717, 1.165) is 0 Å². The molecule has 2 aromatic rings. The molecule has 0 saturated carbocycles. The van der Waals surface area contributed by atoms with Crippen molar-refractivity contribution in [3.63, 3.8) is 0 Å². The van der Waals surface area contributed by atoms with E-state index in [1.54, 1.807) is 30.3 Å². The molecule has 2 N–H and O–H groups in total. The molecule has 0 fully saturated rings. The van der Waals surface area contributed by atoms with Crippen molar-refractivity contribution in [2.45, 2.75) is 6.92 Å². The first-order chi connectivity index (χ1) is 10.3. The van der Waals surface area contributed by atoms with Crippen molar-refractivity contribution in [3.05, 3.63) is 74.8 Å². The van der Waals surface area contributed by atoms with E-state index in [9.17, 15) is 19.7 Å². The molecule has 0 atom stereocenters. The van der Waals surface area contributed by atoms with Gasteiger partial charge in [-0.3, -0.25) is 19.7 Å². The average Bonchev–Trinajstić information content (AvgIpc) is 2.47. The van der Waals surface area contributed by atoms with Crippen molar-refractivity contribution in [2.24, 2.45) is 5.73 Å². The molecule has 1 amide bonds. The molecule has 0 heterocycles. The number of ketones is 1. The Morgan fingerprint density at radius 2 is 1.68 bits per heavy atom. The second kappa shape index (κ2) is 7.90. The molecule has 2 rings (SSSR count). The second-order valence-electron chi connectivity index (χ2n) is 4.23. The molecule has 7 heteroatoms. The maximum atomic E-state index is 12.1. The van der Waals surface area contributed by atoms with Gasteiger partial charge >= 0.3 is 0 Å². The number of primary amides is 1. The molecule has 0 aromatic heterocycles. The van der Waals surface area contributed by atoms with Crippen molar-refractivity contribution >= 4 is 29.0 Å². The maximum Gasteiger partial charge on any atom is 0.270 e. The van der Waals surface area contributed by atoms with E-state index < -0.39 is 4.92 Å². The van der Waals surface area contributed by atoms with E-state index in [1.807, 2.05) is 0 Å². The first-order valence-corrected chi connectivity index (χ1v) is 6.50. The fourth-order valence-corrected chi connectivity index (χ4v) is 1.75. The van der Waals surface area contributed by atoms with Crippen LogP contribution in [0.15, 0.2) is 48.5 Å². The largest absolute Gasteiger partial charge is 0.370 e. The Balaban J connectivity index is 0.000000541. The average molecular weight is 321 g/mol. The molecule has 0 spiro atoms. The smallest absolute Gasteiger partial charge is 0.270 e. The van der Waals surface area contributed by atoms with E-state index in [-0.39, 0.29) is 28.0 Å². The highest BCUT2D eigenvalue weighted by Crippen LogP contribution is 2.24. The number of hydrogen-bond acceptors (Lipinski definition) is 4. The summed E-state index contributed by atoms with van der Waals surface area (Å²) in [6, 6.07) is 12.3. The van der Waals surface area contributed by atoms with Crippen molar-refractivity contribution in [2.75, 3.05) is 0 Å². The van der Waals surface area contributed by atoms with Crippen LogP contribution < -0.4 is 5.73 Å². The summed E-state index contributed by atoms with van der Waals surface area (Å²) in [6.45, 7) is 1.31. The summed E-state index contributed by atoms with van der Waals surface area (Å²) >= 11 is 5.90. The summed E-state index contributed by atoms with van der Waals surface area (Å²) in [7, 11) is 0. The fraction of sp³-hybridized carbons (Fsp3) is 0.0667. The molecular formula is C15H13ClN2O4. The maximum absolute atomic E-state index is 12.1. The number of nitro benzene ring substituents is 1. The van der Waals surface area contributed by atoms with Gasteiger partial charge in [-0.25, -0.2) is 0 Å². The lowest BCUT2D eigenvalue weighted by Gasteiger charge is -2.03. The highest BCUT2D eigenvalue weighted by atomic mass is 35.5. The lowest BCUT2D eigenvalue weighted by molar-refractivity contribution is -0.384. The van der Waals surface area contributed by atoms with Crippen LogP contribution >= 0.6 is 11.6 Å². The molecule has 22 heavy (non-hydrogen) atoms. The molecule has 2 aromatic carbocycles. The van der Waals surface area contributed by atoms with E-state index in [0.29, 0.717) is 5.56 Å². The van der Waals surface area contributed by atoms with Gasteiger partial charge < -0.3 is 5.73 Å². The number of carbonyl (C=O) groups excluding carboxylic acids is 2. The number of nitro groups is 1. The summed E-state index contributed by atoms with van der Waals surface area (Å²) in [6.07, 6.45) is 0. The molecule has 0 aliphatic rings. The van der Waals surface area contributed by atoms with Crippen LogP contribution in [0.25, 0.3) is 0 Å². The molecule has 0 bridgehead atoms. The van der Waals surface area contributed by atoms with E-state index in [4.69, 9.17) is 11.6 Å². The van der Waals surface area contributed by atoms with E-state index in [2.05, 4.69) is 5.73 Å². The van der Waals surface area contributed by atoms with Gasteiger partial charge in [-0.05, 0) is 6.07 Å². The van der Waals surface area contributed by atoms with Crippen LogP contribution in [-0.2, 0) is 4.79 Å². The number of hydrogen-bond donors (Lipinski definition) is 1. The minimum atomic E-state index is -0.557. The number of rotatable bonds is 3. The highest BCUT2D eigenvalue weighted by Gasteiger charge is 2.16. The molecule has 114 valence electrons. The third kappa shape index (κ3) is 4.99. The summed E-state index contributed by atoms with van der Waals surface area (Å²) in [5.41, 5.74) is 4.90. The Kier molecular flexibility index (Phi) is 6.22.